The van der Waals surface area contributed by atoms with E-state index in [1.807, 2.05) is 4.90 Å². The van der Waals surface area contributed by atoms with Gasteiger partial charge in [0.25, 0.3) is 5.91 Å². The van der Waals surface area contributed by atoms with Gasteiger partial charge in [0.05, 0.1) is 6.10 Å². The fraction of sp³-hybridized carbons (Fsp3) is 0.917. The van der Waals surface area contributed by atoms with Gasteiger partial charge in [0.1, 0.15) is 6.10 Å². The Kier molecular flexibility index (Phi) is 3.50. The topological polar surface area (TPSA) is 55.6 Å². The Morgan fingerprint density at radius 1 is 1.31 bits per heavy atom. The van der Waals surface area contributed by atoms with Gasteiger partial charge in [-0.25, -0.2) is 0 Å². The number of nitrogens with zero attached hydrogens (tertiary/aromatic N) is 1. The number of amides is 1. The molecule has 2 saturated heterocycles. The third-order valence-electron chi connectivity index (χ3n) is 3.95. The van der Waals surface area contributed by atoms with Crippen molar-refractivity contribution in [2.45, 2.75) is 38.9 Å². The summed E-state index contributed by atoms with van der Waals surface area (Å²) in [6.07, 6.45) is 1.61. The number of carbonyl (C=O) groups is 1. The minimum atomic E-state index is -0.231. The van der Waals surface area contributed by atoms with E-state index in [9.17, 15) is 4.79 Å². The number of hydrogen-bond acceptors (Lipinski definition) is 3. The summed E-state index contributed by atoms with van der Waals surface area (Å²) in [5, 5.41) is 0. The van der Waals surface area contributed by atoms with E-state index in [0.29, 0.717) is 18.4 Å². The Balaban J connectivity index is 1.89. The molecule has 4 nitrogen and oxygen atoms in total. The van der Waals surface area contributed by atoms with E-state index in [-0.39, 0.29) is 18.1 Å². The lowest BCUT2D eigenvalue weighted by Gasteiger charge is -2.20. The van der Waals surface area contributed by atoms with Crippen LogP contribution < -0.4 is 5.73 Å². The third kappa shape index (κ3) is 2.23. The molecule has 0 radical (unpaired) electrons. The van der Waals surface area contributed by atoms with Crippen LogP contribution in [0.3, 0.4) is 0 Å². The van der Waals surface area contributed by atoms with Crippen LogP contribution in [0.25, 0.3) is 0 Å². The van der Waals surface area contributed by atoms with Crippen LogP contribution in [0, 0.1) is 11.8 Å². The van der Waals surface area contributed by atoms with E-state index in [4.69, 9.17) is 10.5 Å². The Hall–Kier alpha value is -0.610. The van der Waals surface area contributed by atoms with Crippen LogP contribution in [-0.2, 0) is 9.53 Å². The normalized spacial score (nSPS) is 39.3. The van der Waals surface area contributed by atoms with Gasteiger partial charge in [-0.15, -0.1) is 0 Å². The highest BCUT2D eigenvalue weighted by atomic mass is 16.5. The van der Waals surface area contributed by atoms with Crippen molar-refractivity contribution in [3.05, 3.63) is 0 Å². The molecular formula is C12H22N2O2. The lowest BCUT2D eigenvalue weighted by atomic mass is 10.0. The van der Waals surface area contributed by atoms with Crippen molar-refractivity contribution < 1.29 is 9.53 Å². The van der Waals surface area contributed by atoms with E-state index in [1.165, 1.54) is 0 Å². The molecule has 16 heavy (non-hydrogen) atoms. The van der Waals surface area contributed by atoms with Gasteiger partial charge in [-0.1, -0.05) is 13.8 Å². The van der Waals surface area contributed by atoms with Crippen molar-refractivity contribution >= 4 is 5.91 Å². The van der Waals surface area contributed by atoms with Crippen LogP contribution in [0.1, 0.15) is 26.7 Å². The van der Waals surface area contributed by atoms with Gasteiger partial charge in [-0.2, -0.15) is 0 Å². The molecule has 2 N–H and O–H groups in total. The maximum atomic E-state index is 12.2. The molecule has 0 aliphatic carbocycles. The molecule has 0 bridgehead atoms. The molecule has 0 aromatic carbocycles. The monoisotopic (exact) mass is 226 g/mol. The van der Waals surface area contributed by atoms with E-state index < -0.39 is 0 Å². The fourth-order valence-corrected chi connectivity index (χ4v) is 2.57. The summed E-state index contributed by atoms with van der Waals surface area (Å²) in [4.78, 5) is 14.1. The van der Waals surface area contributed by atoms with Crippen LogP contribution in [0.4, 0.5) is 0 Å². The molecule has 0 aromatic heterocycles. The molecule has 2 rings (SSSR count). The van der Waals surface area contributed by atoms with E-state index in [1.54, 1.807) is 0 Å². The quantitative estimate of drug-likeness (QED) is 0.750. The smallest absolute Gasteiger partial charge is 0.251 e. The Morgan fingerprint density at radius 2 is 1.94 bits per heavy atom. The first-order chi connectivity index (χ1) is 7.61. The molecular weight excluding hydrogens is 204 g/mol. The summed E-state index contributed by atoms with van der Waals surface area (Å²) in [7, 11) is 0. The summed E-state index contributed by atoms with van der Waals surface area (Å²) < 4.78 is 5.64. The number of hydrogen-bond donors (Lipinski definition) is 1. The number of likely N-dealkylation sites (tertiary alicyclic amines) is 1. The molecule has 92 valence electrons. The van der Waals surface area contributed by atoms with Gasteiger partial charge in [0.2, 0.25) is 0 Å². The zero-order valence-corrected chi connectivity index (χ0v) is 10.2. The summed E-state index contributed by atoms with van der Waals surface area (Å²) in [5.74, 6) is 1.39. The molecule has 0 spiro atoms. The largest absolute Gasteiger partial charge is 0.364 e. The molecule has 1 amide bonds. The number of nitrogens with two attached hydrogens (primary N) is 1. The van der Waals surface area contributed by atoms with Gasteiger partial charge in [-0.05, 0) is 24.7 Å². The predicted octanol–water partition coefficient (Wildman–Crippen LogP) is 0.607. The Bertz CT molecular complexity index is 260. The van der Waals surface area contributed by atoms with Crippen LogP contribution in [-0.4, -0.2) is 42.6 Å². The molecule has 4 atom stereocenters. The number of ether oxygens (including phenoxy) is 1. The third-order valence-corrected chi connectivity index (χ3v) is 3.95. The SMILES string of the molecule is CC1CN(C(=O)C2CCC(CN)O2)CC1C. The zero-order valence-electron chi connectivity index (χ0n) is 10.2. The summed E-state index contributed by atoms with van der Waals surface area (Å²) >= 11 is 0. The summed E-state index contributed by atoms with van der Waals surface area (Å²) in [5.41, 5.74) is 5.54. The van der Waals surface area contributed by atoms with Gasteiger partial charge in [0.15, 0.2) is 0 Å². The highest BCUT2D eigenvalue weighted by Crippen LogP contribution is 2.26. The summed E-state index contributed by atoms with van der Waals surface area (Å²) in [6, 6.07) is 0. The van der Waals surface area contributed by atoms with Gasteiger partial charge < -0.3 is 15.4 Å². The van der Waals surface area contributed by atoms with Gasteiger partial charge in [0, 0.05) is 19.6 Å². The second-order valence-electron chi connectivity index (χ2n) is 5.26. The average molecular weight is 226 g/mol. The lowest BCUT2D eigenvalue weighted by molar-refractivity contribution is -0.141. The lowest BCUT2D eigenvalue weighted by Crippen LogP contribution is -2.38. The van der Waals surface area contributed by atoms with E-state index in [0.717, 1.165) is 25.9 Å². The first-order valence-electron chi connectivity index (χ1n) is 6.26. The van der Waals surface area contributed by atoms with Crippen molar-refractivity contribution in [3.63, 3.8) is 0 Å². The molecule has 4 unspecified atom stereocenters. The highest BCUT2D eigenvalue weighted by molar-refractivity contribution is 5.81. The molecule has 2 aliphatic rings. The highest BCUT2D eigenvalue weighted by Gasteiger charge is 2.37. The van der Waals surface area contributed by atoms with Crippen molar-refractivity contribution in [1.29, 1.82) is 0 Å². The van der Waals surface area contributed by atoms with Crippen molar-refractivity contribution in [2.24, 2.45) is 17.6 Å². The number of rotatable bonds is 2. The van der Waals surface area contributed by atoms with Gasteiger partial charge in [-0.3, -0.25) is 4.79 Å². The molecule has 0 aromatic rings. The minimum absolute atomic E-state index is 0.0893. The second-order valence-corrected chi connectivity index (χ2v) is 5.26. The predicted molar refractivity (Wildman–Crippen MR) is 61.9 cm³/mol. The molecule has 0 saturated carbocycles. The first kappa shape index (κ1) is 11.9. The van der Waals surface area contributed by atoms with Crippen molar-refractivity contribution in [1.82, 2.24) is 4.90 Å². The maximum absolute atomic E-state index is 12.2. The van der Waals surface area contributed by atoms with Crippen molar-refractivity contribution in [3.8, 4) is 0 Å². The van der Waals surface area contributed by atoms with Gasteiger partial charge >= 0.3 is 0 Å². The molecule has 4 heteroatoms. The Morgan fingerprint density at radius 3 is 2.44 bits per heavy atom. The summed E-state index contributed by atoms with van der Waals surface area (Å²) in [6.45, 7) is 6.70. The standard InChI is InChI=1S/C12H22N2O2/c1-8-6-14(7-9(8)2)12(15)11-4-3-10(5-13)16-11/h8-11H,3-7,13H2,1-2H3. The number of carbonyl (C=O) groups excluding carboxylic acids is 1. The maximum Gasteiger partial charge on any atom is 0.251 e. The molecule has 2 aliphatic heterocycles. The van der Waals surface area contributed by atoms with Crippen LogP contribution in [0.15, 0.2) is 0 Å². The van der Waals surface area contributed by atoms with Crippen LogP contribution in [0.5, 0.6) is 0 Å². The Labute approximate surface area is 97.1 Å². The van der Waals surface area contributed by atoms with Crippen molar-refractivity contribution in [2.75, 3.05) is 19.6 Å². The zero-order chi connectivity index (χ0) is 11.7. The van der Waals surface area contributed by atoms with Crippen LogP contribution in [0.2, 0.25) is 0 Å². The van der Waals surface area contributed by atoms with E-state index >= 15 is 0 Å². The first-order valence-corrected chi connectivity index (χ1v) is 6.26. The molecule has 2 heterocycles. The van der Waals surface area contributed by atoms with Crippen LogP contribution >= 0.6 is 0 Å². The minimum Gasteiger partial charge on any atom is -0.364 e. The average Bonchev–Trinajstić information content (AvgIpc) is 2.86. The second kappa shape index (κ2) is 4.72. The molecule has 2 fully saturated rings. The van der Waals surface area contributed by atoms with E-state index in [2.05, 4.69) is 13.8 Å². The fourth-order valence-electron chi connectivity index (χ4n) is 2.57.